The van der Waals surface area contributed by atoms with Crippen molar-refractivity contribution in [2.75, 3.05) is 0 Å². The lowest BCUT2D eigenvalue weighted by Crippen LogP contribution is -2.34. The zero-order chi connectivity index (χ0) is 13.3. The van der Waals surface area contributed by atoms with Crippen LogP contribution >= 0.6 is 15.9 Å². The van der Waals surface area contributed by atoms with Gasteiger partial charge in [-0.15, -0.1) is 0 Å². The quantitative estimate of drug-likeness (QED) is 0.865. The summed E-state index contributed by atoms with van der Waals surface area (Å²) in [6.07, 6.45) is 5.06. The van der Waals surface area contributed by atoms with E-state index in [2.05, 4.69) is 26.2 Å². The Hall–Kier alpha value is -1.10. The summed E-state index contributed by atoms with van der Waals surface area (Å²) in [6, 6.07) is -0.000139. The average molecular weight is 313 g/mol. The van der Waals surface area contributed by atoms with Gasteiger partial charge < -0.3 is 10.1 Å². The lowest BCUT2D eigenvalue weighted by atomic mass is 10.1. The third-order valence-corrected chi connectivity index (χ3v) is 3.47. The first-order valence-electron chi connectivity index (χ1n) is 5.98. The largest absolute Gasteiger partial charge is 0.444 e. The van der Waals surface area contributed by atoms with E-state index < -0.39 is 5.60 Å². The summed E-state index contributed by atoms with van der Waals surface area (Å²) in [5.41, 5.74) is 1.84. The van der Waals surface area contributed by atoms with Gasteiger partial charge in [0.25, 0.3) is 0 Å². The van der Waals surface area contributed by atoms with Gasteiger partial charge in [0, 0.05) is 16.9 Å². The van der Waals surface area contributed by atoms with Gasteiger partial charge in [-0.3, -0.25) is 4.98 Å². The number of halogens is 1. The van der Waals surface area contributed by atoms with Crippen LogP contribution in [0.3, 0.4) is 0 Å². The van der Waals surface area contributed by atoms with Crippen LogP contribution in [0.2, 0.25) is 0 Å². The number of aromatic nitrogens is 1. The number of hydrogen-bond donors (Lipinski definition) is 1. The number of amides is 1. The SMILES string of the molecule is CC(C)(C)OC(=O)N[C@@H]1CCc2c(Br)cncc21. The minimum atomic E-state index is -0.471. The Labute approximate surface area is 115 Å². The van der Waals surface area contributed by atoms with Crippen molar-refractivity contribution in [1.82, 2.24) is 10.3 Å². The first kappa shape index (κ1) is 13.3. The van der Waals surface area contributed by atoms with Crippen molar-refractivity contribution in [2.45, 2.75) is 45.3 Å². The first-order chi connectivity index (χ1) is 8.37. The number of alkyl carbamates (subject to hydrolysis) is 1. The van der Waals surface area contributed by atoms with Gasteiger partial charge in [-0.25, -0.2) is 4.79 Å². The fraction of sp³-hybridized carbons (Fsp3) is 0.538. The van der Waals surface area contributed by atoms with Crippen LogP contribution in [0.25, 0.3) is 0 Å². The van der Waals surface area contributed by atoms with Gasteiger partial charge in [-0.1, -0.05) is 0 Å². The molecule has 0 radical (unpaired) electrons. The van der Waals surface area contributed by atoms with E-state index in [1.807, 2.05) is 27.0 Å². The van der Waals surface area contributed by atoms with Crippen molar-refractivity contribution in [2.24, 2.45) is 0 Å². The van der Waals surface area contributed by atoms with Crippen LogP contribution in [0.5, 0.6) is 0 Å². The molecule has 18 heavy (non-hydrogen) atoms. The van der Waals surface area contributed by atoms with Gasteiger partial charge >= 0.3 is 6.09 Å². The van der Waals surface area contributed by atoms with E-state index in [1.54, 1.807) is 6.20 Å². The molecule has 0 unspecified atom stereocenters. The number of nitrogens with zero attached hydrogens (tertiary/aromatic N) is 1. The van der Waals surface area contributed by atoms with Gasteiger partial charge in [0.15, 0.2) is 0 Å². The third-order valence-electron chi connectivity index (χ3n) is 2.79. The Kier molecular flexibility index (Phi) is 3.61. The van der Waals surface area contributed by atoms with Crippen LogP contribution in [0.1, 0.15) is 44.4 Å². The van der Waals surface area contributed by atoms with Crippen LogP contribution in [-0.2, 0) is 11.2 Å². The monoisotopic (exact) mass is 312 g/mol. The molecular formula is C13H17BrN2O2. The molecule has 1 aliphatic carbocycles. The van der Waals surface area contributed by atoms with Gasteiger partial charge in [0.05, 0.1) is 6.04 Å². The molecule has 98 valence electrons. The lowest BCUT2D eigenvalue weighted by molar-refractivity contribution is 0.0503. The fourth-order valence-electron chi connectivity index (χ4n) is 2.08. The second-order valence-corrected chi connectivity index (χ2v) is 6.28. The molecule has 1 atom stereocenters. The maximum absolute atomic E-state index is 11.7. The first-order valence-corrected chi connectivity index (χ1v) is 6.78. The molecule has 0 saturated heterocycles. The van der Waals surface area contributed by atoms with Crippen molar-refractivity contribution >= 4 is 22.0 Å². The topological polar surface area (TPSA) is 51.2 Å². The molecule has 0 aromatic carbocycles. The maximum Gasteiger partial charge on any atom is 0.408 e. The molecule has 0 bridgehead atoms. The Morgan fingerprint density at radius 3 is 2.89 bits per heavy atom. The highest BCUT2D eigenvalue weighted by Crippen LogP contribution is 2.34. The van der Waals surface area contributed by atoms with Crippen molar-refractivity contribution in [1.29, 1.82) is 0 Å². The predicted octanol–water partition coefficient (Wildman–Crippen LogP) is 3.36. The number of nitrogens with one attached hydrogen (secondary N) is 1. The normalized spacial score (nSPS) is 18.3. The van der Waals surface area contributed by atoms with Gasteiger partial charge in [-0.2, -0.15) is 0 Å². The highest BCUT2D eigenvalue weighted by atomic mass is 79.9. The molecule has 2 rings (SSSR count). The van der Waals surface area contributed by atoms with Crippen LogP contribution in [0.15, 0.2) is 16.9 Å². The molecule has 1 heterocycles. The average Bonchev–Trinajstić information content (AvgIpc) is 2.60. The van der Waals surface area contributed by atoms with E-state index in [4.69, 9.17) is 4.74 Å². The van der Waals surface area contributed by atoms with E-state index in [1.165, 1.54) is 5.56 Å². The third kappa shape index (κ3) is 3.02. The molecule has 1 aliphatic rings. The van der Waals surface area contributed by atoms with Crippen molar-refractivity contribution < 1.29 is 9.53 Å². The van der Waals surface area contributed by atoms with Crippen LogP contribution < -0.4 is 5.32 Å². The Balaban J connectivity index is 2.06. The molecule has 4 nitrogen and oxygen atoms in total. The molecule has 0 saturated carbocycles. The summed E-state index contributed by atoms with van der Waals surface area (Å²) >= 11 is 3.48. The molecular weight excluding hydrogens is 296 g/mol. The molecule has 1 amide bonds. The molecule has 5 heteroatoms. The maximum atomic E-state index is 11.7. The predicted molar refractivity (Wildman–Crippen MR) is 72.4 cm³/mol. The molecule has 0 aliphatic heterocycles. The summed E-state index contributed by atoms with van der Waals surface area (Å²) in [5, 5.41) is 2.90. The molecule has 1 aromatic heterocycles. The summed E-state index contributed by atoms with van der Waals surface area (Å²) < 4.78 is 6.27. The second kappa shape index (κ2) is 4.88. The number of fused-ring (bicyclic) bond motifs is 1. The van der Waals surface area contributed by atoms with Crippen LogP contribution in [0.4, 0.5) is 4.79 Å². The van der Waals surface area contributed by atoms with E-state index in [0.717, 1.165) is 22.9 Å². The van der Waals surface area contributed by atoms with Crippen LogP contribution in [-0.4, -0.2) is 16.7 Å². The number of carbonyl (C=O) groups excluding carboxylic acids is 1. The minimum Gasteiger partial charge on any atom is -0.444 e. The Morgan fingerprint density at radius 2 is 2.22 bits per heavy atom. The van der Waals surface area contributed by atoms with E-state index in [0.29, 0.717) is 0 Å². The molecule has 1 N–H and O–H groups in total. The Bertz CT molecular complexity index is 469. The highest BCUT2D eigenvalue weighted by Gasteiger charge is 2.27. The number of ether oxygens (including phenoxy) is 1. The van der Waals surface area contributed by atoms with Gasteiger partial charge in [0.1, 0.15) is 5.60 Å². The zero-order valence-corrected chi connectivity index (χ0v) is 12.4. The zero-order valence-electron chi connectivity index (χ0n) is 10.8. The number of rotatable bonds is 1. The van der Waals surface area contributed by atoms with Crippen LogP contribution in [0, 0.1) is 0 Å². The fourth-order valence-corrected chi connectivity index (χ4v) is 2.63. The molecule has 0 spiro atoms. The van der Waals surface area contributed by atoms with Crippen molar-refractivity contribution in [3.63, 3.8) is 0 Å². The van der Waals surface area contributed by atoms with E-state index in [9.17, 15) is 4.79 Å². The summed E-state index contributed by atoms with van der Waals surface area (Å²) in [4.78, 5) is 15.9. The van der Waals surface area contributed by atoms with Crippen molar-refractivity contribution in [3.05, 3.63) is 28.0 Å². The summed E-state index contributed by atoms with van der Waals surface area (Å²) in [5.74, 6) is 0. The van der Waals surface area contributed by atoms with Crippen molar-refractivity contribution in [3.8, 4) is 0 Å². The summed E-state index contributed by atoms with van der Waals surface area (Å²) in [6.45, 7) is 5.56. The second-order valence-electron chi connectivity index (χ2n) is 5.43. The smallest absolute Gasteiger partial charge is 0.408 e. The lowest BCUT2D eigenvalue weighted by Gasteiger charge is -2.22. The van der Waals surface area contributed by atoms with E-state index in [-0.39, 0.29) is 12.1 Å². The molecule has 1 aromatic rings. The Morgan fingerprint density at radius 1 is 1.50 bits per heavy atom. The number of hydrogen-bond acceptors (Lipinski definition) is 3. The standard InChI is InChI=1S/C13H17BrN2O2/c1-13(2,3)18-12(17)16-11-5-4-8-9(11)6-15-7-10(8)14/h6-7,11H,4-5H2,1-3H3,(H,16,17)/t11-/m1/s1. The minimum absolute atomic E-state index is 0.000139. The number of pyridine rings is 1. The molecule has 0 fully saturated rings. The highest BCUT2D eigenvalue weighted by molar-refractivity contribution is 9.10. The van der Waals surface area contributed by atoms with E-state index >= 15 is 0 Å². The van der Waals surface area contributed by atoms with Gasteiger partial charge in [-0.05, 0) is 60.7 Å². The summed E-state index contributed by atoms with van der Waals surface area (Å²) in [7, 11) is 0. The van der Waals surface area contributed by atoms with Gasteiger partial charge in [0.2, 0.25) is 0 Å². The number of carbonyl (C=O) groups is 1.